The van der Waals surface area contributed by atoms with Crippen LogP contribution in [0.1, 0.15) is 30.5 Å². The number of piperidine rings is 1. The van der Waals surface area contributed by atoms with Crippen molar-refractivity contribution in [3.8, 4) is 0 Å². The van der Waals surface area contributed by atoms with Crippen LogP contribution in [0.25, 0.3) is 0 Å². The van der Waals surface area contributed by atoms with Crippen molar-refractivity contribution in [3.05, 3.63) is 72.6 Å². The van der Waals surface area contributed by atoms with Crippen molar-refractivity contribution < 1.29 is 0 Å². The summed E-state index contributed by atoms with van der Waals surface area (Å²) in [5.74, 6) is 0.686. The van der Waals surface area contributed by atoms with Crippen molar-refractivity contribution in [1.29, 1.82) is 0 Å². The van der Waals surface area contributed by atoms with Crippen LogP contribution in [0.2, 0.25) is 0 Å². The zero-order chi connectivity index (χ0) is 17.1. The number of nitrogens with zero attached hydrogens (tertiary/aromatic N) is 5. The average Bonchev–Trinajstić information content (AvgIpc) is 3.30. The number of rotatable bonds is 5. The molecule has 1 aliphatic rings. The lowest BCUT2D eigenvalue weighted by Crippen LogP contribution is -2.39. The number of aromatic nitrogens is 4. The maximum absolute atomic E-state index is 4.54. The second-order valence-corrected chi connectivity index (χ2v) is 7.11. The van der Waals surface area contributed by atoms with E-state index >= 15 is 0 Å². The van der Waals surface area contributed by atoms with Crippen LogP contribution in [0.3, 0.4) is 0 Å². The molecule has 2 atom stereocenters. The smallest absolute Gasteiger partial charge is 0.0949 e. The maximum atomic E-state index is 4.54. The third kappa shape index (κ3) is 3.82. The summed E-state index contributed by atoms with van der Waals surface area (Å²) in [5.41, 5.74) is 2.57. The van der Waals surface area contributed by atoms with Gasteiger partial charge in [0, 0.05) is 43.3 Å². The van der Waals surface area contributed by atoms with Gasteiger partial charge in [0.15, 0.2) is 0 Å². The quantitative estimate of drug-likeness (QED) is 0.719. The minimum Gasteiger partial charge on any atom is -0.333 e. The van der Waals surface area contributed by atoms with Gasteiger partial charge in [0.05, 0.1) is 19.1 Å². The van der Waals surface area contributed by atoms with E-state index in [1.807, 2.05) is 29.5 Å². The van der Waals surface area contributed by atoms with E-state index in [1.54, 1.807) is 0 Å². The Morgan fingerprint density at radius 3 is 2.80 bits per heavy atom. The average molecular weight is 335 g/mol. The van der Waals surface area contributed by atoms with Crippen molar-refractivity contribution in [2.75, 3.05) is 13.1 Å². The molecule has 0 unspecified atom stereocenters. The second-order valence-electron chi connectivity index (χ2n) is 7.11. The summed E-state index contributed by atoms with van der Waals surface area (Å²) in [6.07, 6.45) is 11.3. The molecule has 25 heavy (non-hydrogen) atoms. The lowest BCUT2D eigenvalue weighted by Gasteiger charge is -2.37. The van der Waals surface area contributed by atoms with Gasteiger partial charge in [0.2, 0.25) is 0 Å². The van der Waals surface area contributed by atoms with E-state index in [0.29, 0.717) is 12.0 Å². The predicted octanol–water partition coefficient (Wildman–Crippen LogP) is 3.21. The Bertz CT molecular complexity index is 778. The van der Waals surface area contributed by atoms with Gasteiger partial charge in [0.1, 0.15) is 0 Å². The van der Waals surface area contributed by atoms with Crippen LogP contribution in [0.15, 0.2) is 61.4 Å². The molecule has 0 saturated carbocycles. The predicted molar refractivity (Wildman–Crippen MR) is 98.1 cm³/mol. The number of likely N-dealkylation sites (tertiary alicyclic amines) is 1. The van der Waals surface area contributed by atoms with Gasteiger partial charge in [-0.3, -0.25) is 9.58 Å². The first-order chi connectivity index (χ1) is 12.3. The summed E-state index contributed by atoms with van der Waals surface area (Å²) >= 11 is 0. The first-order valence-corrected chi connectivity index (χ1v) is 9.03. The fraction of sp³-hybridized carbons (Fsp3) is 0.400. The molecular formula is C20H25N5. The second kappa shape index (κ2) is 7.23. The summed E-state index contributed by atoms with van der Waals surface area (Å²) in [5, 5.41) is 4.54. The van der Waals surface area contributed by atoms with E-state index in [-0.39, 0.29) is 0 Å². The third-order valence-corrected chi connectivity index (χ3v) is 5.19. The summed E-state index contributed by atoms with van der Waals surface area (Å²) in [4.78, 5) is 6.75. The fourth-order valence-electron chi connectivity index (χ4n) is 3.71. The lowest BCUT2D eigenvalue weighted by molar-refractivity contribution is 0.126. The van der Waals surface area contributed by atoms with Gasteiger partial charge in [0.25, 0.3) is 0 Å². The first-order valence-electron chi connectivity index (χ1n) is 9.03. The van der Waals surface area contributed by atoms with E-state index in [0.717, 1.165) is 26.2 Å². The molecule has 0 N–H and O–H groups in total. The minimum atomic E-state index is 0.510. The summed E-state index contributed by atoms with van der Waals surface area (Å²) in [6, 6.07) is 11.0. The largest absolute Gasteiger partial charge is 0.333 e. The third-order valence-electron chi connectivity index (χ3n) is 5.19. The summed E-state index contributed by atoms with van der Waals surface area (Å²) in [7, 11) is 0. The van der Waals surface area contributed by atoms with Crippen LogP contribution in [0.4, 0.5) is 0 Å². The number of benzene rings is 1. The molecule has 1 aliphatic heterocycles. The molecule has 3 aromatic rings. The molecule has 5 heteroatoms. The Morgan fingerprint density at radius 2 is 2.00 bits per heavy atom. The standard InChI is InChI=1S/C20H25N5/c1-17-7-9-23(15-20(17)24-10-8-21-16-24)12-19-11-22-25(14-19)13-18-5-3-2-4-6-18/h2-6,8,10-11,14,16-17,20H,7,9,12-13,15H2,1H3/t17-,20+/m0/s1. The number of hydrogen-bond donors (Lipinski definition) is 0. The molecule has 0 spiro atoms. The molecule has 0 bridgehead atoms. The lowest BCUT2D eigenvalue weighted by atomic mass is 9.93. The number of hydrogen-bond acceptors (Lipinski definition) is 3. The van der Waals surface area contributed by atoms with Crippen LogP contribution in [0, 0.1) is 5.92 Å². The Hall–Kier alpha value is -2.40. The topological polar surface area (TPSA) is 38.9 Å². The summed E-state index contributed by atoms with van der Waals surface area (Å²) < 4.78 is 4.29. The molecule has 0 amide bonds. The highest BCUT2D eigenvalue weighted by Crippen LogP contribution is 2.28. The molecule has 1 fully saturated rings. The van der Waals surface area contributed by atoms with Crippen LogP contribution >= 0.6 is 0 Å². The Kier molecular flexibility index (Phi) is 4.65. The monoisotopic (exact) mass is 335 g/mol. The molecular weight excluding hydrogens is 310 g/mol. The maximum Gasteiger partial charge on any atom is 0.0949 e. The van der Waals surface area contributed by atoms with Crippen LogP contribution in [-0.4, -0.2) is 37.3 Å². The summed E-state index contributed by atoms with van der Waals surface area (Å²) in [6.45, 7) is 6.36. The highest BCUT2D eigenvalue weighted by molar-refractivity contribution is 5.15. The van der Waals surface area contributed by atoms with Gasteiger partial charge >= 0.3 is 0 Å². The molecule has 5 nitrogen and oxygen atoms in total. The first kappa shape index (κ1) is 16.1. The highest BCUT2D eigenvalue weighted by atomic mass is 15.3. The Balaban J connectivity index is 1.39. The highest BCUT2D eigenvalue weighted by Gasteiger charge is 2.27. The SMILES string of the molecule is C[C@H]1CCN(Cc2cnn(Cc3ccccc3)c2)C[C@H]1n1ccnc1. The van der Waals surface area contributed by atoms with Gasteiger partial charge in [-0.25, -0.2) is 4.98 Å². The van der Waals surface area contributed by atoms with E-state index in [2.05, 4.69) is 63.1 Å². The minimum absolute atomic E-state index is 0.510. The van der Waals surface area contributed by atoms with E-state index < -0.39 is 0 Å². The molecule has 0 aliphatic carbocycles. The Labute approximate surface area is 148 Å². The van der Waals surface area contributed by atoms with Gasteiger partial charge in [-0.2, -0.15) is 5.10 Å². The normalized spacial score (nSPS) is 21.5. The van der Waals surface area contributed by atoms with Gasteiger partial charge < -0.3 is 4.57 Å². The number of imidazole rings is 1. The van der Waals surface area contributed by atoms with E-state index in [4.69, 9.17) is 0 Å². The van der Waals surface area contributed by atoms with Crippen molar-refractivity contribution in [3.63, 3.8) is 0 Å². The molecule has 130 valence electrons. The van der Waals surface area contributed by atoms with Gasteiger partial charge in [-0.1, -0.05) is 37.3 Å². The molecule has 4 rings (SSSR count). The van der Waals surface area contributed by atoms with Crippen LogP contribution < -0.4 is 0 Å². The molecule has 1 aromatic carbocycles. The van der Waals surface area contributed by atoms with E-state index in [9.17, 15) is 0 Å². The van der Waals surface area contributed by atoms with Crippen molar-refractivity contribution >= 4 is 0 Å². The molecule has 1 saturated heterocycles. The van der Waals surface area contributed by atoms with Crippen molar-refractivity contribution in [2.24, 2.45) is 5.92 Å². The molecule has 2 aromatic heterocycles. The zero-order valence-corrected chi connectivity index (χ0v) is 14.7. The fourth-order valence-corrected chi connectivity index (χ4v) is 3.71. The van der Waals surface area contributed by atoms with Crippen LogP contribution in [-0.2, 0) is 13.1 Å². The van der Waals surface area contributed by atoms with Crippen LogP contribution in [0.5, 0.6) is 0 Å². The molecule has 3 heterocycles. The van der Waals surface area contributed by atoms with Gasteiger partial charge in [-0.05, 0) is 24.4 Å². The zero-order valence-electron chi connectivity index (χ0n) is 14.7. The Morgan fingerprint density at radius 1 is 1.12 bits per heavy atom. The molecule has 0 radical (unpaired) electrons. The van der Waals surface area contributed by atoms with Crippen molar-refractivity contribution in [2.45, 2.75) is 32.5 Å². The van der Waals surface area contributed by atoms with E-state index in [1.165, 1.54) is 17.5 Å². The van der Waals surface area contributed by atoms with Gasteiger partial charge in [-0.15, -0.1) is 0 Å². The van der Waals surface area contributed by atoms with Crippen molar-refractivity contribution in [1.82, 2.24) is 24.2 Å².